The van der Waals surface area contributed by atoms with E-state index in [0.717, 1.165) is 6.41 Å². The Kier molecular flexibility index (Phi) is 3.84. The molecule has 2 amide bonds. The maximum Gasteiger partial charge on any atom is 0.247 e. The van der Waals surface area contributed by atoms with Crippen molar-refractivity contribution in [2.24, 2.45) is 0 Å². The number of nitrogens with zero attached hydrogens (tertiary/aromatic N) is 2. The zero-order chi connectivity index (χ0) is 14.3. The van der Waals surface area contributed by atoms with Crippen LogP contribution < -0.4 is 0 Å². The van der Waals surface area contributed by atoms with Crippen molar-refractivity contribution >= 4 is 24.1 Å². The highest BCUT2D eigenvalue weighted by Crippen LogP contribution is 2.50. The average Bonchev–Trinajstić information content (AvgIpc) is 2.53. The number of hydrogen-bond donors (Lipinski definition) is 0. The van der Waals surface area contributed by atoms with Crippen LogP contribution >= 0.6 is 11.8 Å². The van der Waals surface area contributed by atoms with Crippen LogP contribution in [0.3, 0.4) is 0 Å². The first-order valence-electron chi connectivity index (χ1n) is 6.60. The van der Waals surface area contributed by atoms with Crippen molar-refractivity contribution in [1.29, 1.82) is 0 Å². The van der Waals surface area contributed by atoms with Crippen LogP contribution in [-0.2, 0) is 14.3 Å². The minimum Gasteiger partial charge on any atom is -0.378 e. The molecule has 0 aromatic heterocycles. The molecule has 2 rings (SSSR count). The summed E-state index contributed by atoms with van der Waals surface area (Å²) in [4.78, 5) is 27.3. The van der Waals surface area contributed by atoms with Gasteiger partial charge in [0, 0.05) is 17.8 Å². The normalized spacial score (nSPS) is 29.4. The Morgan fingerprint density at radius 3 is 2.37 bits per heavy atom. The van der Waals surface area contributed by atoms with E-state index in [-0.39, 0.29) is 15.5 Å². The molecule has 2 fully saturated rings. The lowest BCUT2D eigenvalue weighted by Crippen LogP contribution is -2.56. The zero-order valence-electron chi connectivity index (χ0n) is 12.0. The molecule has 0 N–H and O–H groups in total. The molecule has 1 atom stereocenters. The van der Waals surface area contributed by atoms with Crippen molar-refractivity contribution in [2.75, 3.05) is 26.3 Å². The van der Waals surface area contributed by atoms with E-state index in [1.807, 2.05) is 32.6 Å². The number of thioether (sulfide) groups is 1. The second-order valence-electron chi connectivity index (χ2n) is 6.01. The Hall–Kier alpha value is -0.750. The summed E-state index contributed by atoms with van der Waals surface area (Å²) >= 11 is 1.67. The lowest BCUT2D eigenvalue weighted by molar-refractivity contribution is -0.146. The van der Waals surface area contributed by atoms with E-state index in [0.29, 0.717) is 26.3 Å². The molecule has 0 aromatic rings. The van der Waals surface area contributed by atoms with Gasteiger partial charge in [-0.2, -0.15) is 0 Å². The fourth-order valence-corrected chi connectivity index (χ4v) is 4.83. The van der Waals surface area contributed by atoms with Crippen LogP contribution in [0.15, 0.2) is 0 Å². The largest absolute Gasteiger partial charge is 0.378 e. The van der Waals surface area contributed by atoms with Crippen LogP contribution in [0.4, 0.5) is 0 Å². The molecule has 2 aliphatic rings. The van der Waals surface area contributed by atoms with Crippen LogP contribution in [0.5, 0.6) is 0 Å². The average molecular weight is 286 g/mol. The number of hydrogen-bond acceptors (Lipinski definition) is 4. The second-order valence-corrected chi connectivity index (χ2v) is 8.26. The quantitative estimate of drug-likeness (QED) is 0.709. The summed E-state index contributed by atoms with van der Waals surface area (Å²) in [5, 5.41) is 0. The molecule has 2 saturated heterocycles. The summed E-state index contributed by atoms with van der Waals surface area (Å²) in [5.41, 5.74) is 0. The van der Waals surface area contributed by atoms with Gasteiger partial charge in [-0.05, 0) is 27.7 Å². The first kappa shape index (κ1) is 14.7. The number of ether oxygens (including phenoxy) is 1. The molecule has 5 nitrogen and oxygen atoms in total. The van der Waals surface area contributed by atoms with Gasteiger partial charge in [-0.3, -0.25) is 9.59 Å². The van der Waals surface area contributed by atoms with Gasteiger partial charge in [0.05, 0.1) is 18.1 Å². The van der Waals surface area contributed by atoms with Crippen molar-refractivity contribution in [2.45, 2.75) is 43.4 Å². The molecule has 108 valence electrons. The molecule has 2 aliphatic heterocycles. The lowest BCUT2D eigenvalue weighted by Gasteiger charge is -2.36. The first-order chi connectivity index (χ1) is 8.79. The smallest absolute Gasteiger partial charge is 0.247 e. The van der Waals surface area contributed by atoms with Gasteiger partial charge in [-0.15, -0.1) is 11.8 Å². The molecule has 0 spiro atoms. The predicted molar refractivity (Wildman–Crippen MR) is 74.8 cm³/mol. The molecule has 0 saturated carbocycles. The molecular weight excluding hydrogens is 264 g/mol. The second kappa shape index (κ2) is 4.98. The Balaban J connectivity index is 2.24. The Morgan fingerprint density at radius 1 is 1.26 bits per heavy atom. The Bertz CT molecular complexity index is 378. The number of amides is 2. The summed E-state index contributed by atoms with van der Waals surface area (Å²) in [5.74, 6) is 0.0403. The summed E-state index contributed by atoms with van der Waals surface area (Å²) in [6.07, 6.45) is 0.810. The summed E-state index contributed by atoms with van der Waals surface area (Å²) in [7, 11) is 0. The van der Waals surface area contributed by atoms with Crippen molar-refractivity contribution in [3.8, 4) is 0 Å². The van der Waals surface area contributed by atoms with Crippen LogP contribution in [0, 0.1) is 0 Å². The van der Waals surface area contributed by atoms with Gasteiger partial charge in [0.25, 0.3) is 0 Å². The third kappa shape index (κ3) is 2.60. The van der Waals surface area contributed by atoms with Gasteiger partial charge < -0.3 is 14.5 Å². The molecule has 0 aromatic carbocycles. The number of carbonyl (C=O) groups is 2. The van der Waals surface area contributed by atoms with Crippen LogP contribution in [0.2, 0.25) is 0 Å². The molecule has 0 aliphatic carbocycles. The van der Waals surface area contributed by atoms with E-state index < -0.39 is 6.04 Å². The predicted octanol–water partition coefficient (Wildman–Crippen LogP) is 0.934. The lowest BCUT2D eigenvalue weighted by atomic mass is 9.99. The van der Waals surface area contributed by atoms with E-state index in [4.69, 9.17) is 4.74 Å². The third-order valence-corrected chi connectivity index (χ3v) is 5.20. The van der Waals surface area contributed by atoms with E-state index in [9.17, 15) is 9.59 Å². The fraction of sp³-hybridized carbons (Fsp3) is 0.846. The number of carbonyl (C=O) groups excluding carboxylic acids is 2. The van der Waals surface area contributed by atoms with Crippen molar-refractivity contribution in [3.63, 3.8) is 0 Å². The van der Waals surface area contributed by atoms with E-state index >= 15 is 0 Å². The van der Waals surface area contributed by atoms with Crippen LogP contribution in [0.1, 0.15) is 27.7 Å². The summed E-state index contributed by atoms with van der Waals surface area (Å²) in [6.45, 7) is 10.4. The van der Waals surface area contributed by atoms with E-state index in [2.05, 4.69) is 0 Å². The highest BCUT2D eigenvalue weighted by molar-refractivity contribution is 8.02. The van der Waals surface area contributed by atoms with Gasteiger partial charge in [-0.1, -0.05) is 0 Å². The number of morpholine rings is 1. The summed E-state index contributed by atoms with van der Waals surface area (Å²) < 4.78 is 5.00. The van der Waals surface area contributed by atoms with Gasteiger partial charge in [0.15, 0.2) is 0 Å². The first-order valence-corrected chi connectivity index (χ1v) is 7.42. The highest BCUT2D eigenvalue weighted by Gasteiger charge is 2.55. The molecule has 0 radical (unpaired) electrons. The Morgan fingerprint density at radius 2 is 1.84 bits per heavy atom. The van der Waals surface area contributed by atoms with Crippen LogP contribution in [0.25, 0.3) is 0 Å². The van der Waals surface area contributed by atoms with E-state index in [1.54, 1.807) is 16.7 Å². The fourth-order valence-electron chi connectivity index (χ4n) is 2.96. The molecule has 6 heteroatoms. The topological polar surface area (TPSA) is 49.9 Å². The molecule has 19 heavy (non-hydrogen) atoms. The van der Waals surface area contributed by atoms with Gasteiger partial charge >= 0.3 is 0 Å². The maximum absolute atomic E-state index is 12.7. The minimum atomic E-state index is -0.400. The molecule has 1 unspecified atom stereocenters. The SMILES string of the molecule is CC1(C)SC(C)(C)N(C=O)C1C(=O)N1CCOCC1. The van der Waals surface area contributed by atoms with Crippen molar-refractivity contribution < 1.29 is 14.3 Å². The summed E-state index contributed by atoms with van der Waals surface area (Å²) in [6, 6.07) is -0.400. The Labute approximate surface area is 118 Å². The van der Waals surface area contributed by atoms with E-state index in [1.165, 1.54) is 0 Å². The minimum absolute atomic E-state index is 0.0403. The molecule has 0 bridgehead atoms. The monoisotopic (exact) mass is 286 g/mol. The zero-order valence-corrected chi connectivity index (χ0v) is 12.8. The van der Waals surface area contributed by atoms with Crippen molar-refractivity contribution in [1.82, 2.24) is 9.80 Å². The third-order valence-electron chi connectivity index (χ3n) is 3.74. The maximum atomic E-state index is 12.7. The molecular formula is C13H22N2O3S. The van der Waals surface area contributed by atoms with Gasteiger partial charge in [-0.25, -0.2) is 0 Å². The van der Waals surface area contributed by atoms with Crippen LogP contribution in [-0.4, -0.2) is 64.1 Å². The van der Waals surface area contributed by atoms with Gasteiger partial charge in [0.2, 0.25) is 12.3 Å². The highest BCUT2D eigenvalue weighted by atomic mass is 32.2. The van der Waals surface area contributed by atoms with Crippen molar-refractivity contribution in [3.05, 3.63) is 0 Å². The van der Waals surface area contributed by atoms with Gasteiger partial charge in [0.1, 0.15) is 6.04 Å². The number of rotatable bonds is 2. The standard InChI is InChI=1S/C13H22N2O3S/c1-12(2)10(15(9-16)13(3,4)19-12)11(17)14-5-7-18-8-6-14/h9-10H,5-8H2,1-4H3. The molecule has 2 heterocycles.